The predicted octanol–water partition coefficient (Wildman–Crippen LogP) is 2.49. The summed E-state index contributed by atoms with van der Waals surface area (Å²) >= 11 is 1.34. The molecule has 2 aromatic heterocycles. The van der Waals surface area contributed by atoms with Crippen LogP contribution in [0.25, 0.3) is 10.2 Å². The number of rotatable bonds is 5. The molecule has 0 spiro atoms. The van der Waals surface area contributed by atoms with E-state index >= 15 is 0 Å². The van der Waals surface area contributed by atoms with Crippen LogP contribution in [0.3, 0.4) is 0 Å². The average molecular weight is 432 g/mol. The van der Waals surface area contributed by atoms with Crippen molar-refractivity contribution in [1.82, 2.24) is 14.9 Å². The number of hydrogen-bond donors (Lipinski definition) is 1. The summed E-state index contributed by atoms with van der Waals surface area (Å²) in [7, 11) is 0. The maximum Gasteiger partial charge on any atom is 0.348 e. The summed E-state index contributed by atoms with van der Waals surface area (Å²) in [5, 5.41) is 0.898. The Morgan fingerprint density at radius 1 is 1.17 bits per heavy atom. The summed E-state index contributed by atoms with van der Waals surface area (Å²) in [6.07, 6.45) is 6.37. The van der Waals surface area contributed by atoms with Gasteiger partial charge < -0.3 is 15.4 Å². The summed E-state index contributed by atoms with van der Waals surface area (Å²) in [4.78, 5) is 39.6. The van der Waals surface area contributed by atoms with Gasteiger partial charge in [-0.2, -0.15) is 0 Å². The van der Waals surface area contributed by atoms with E-state index < -0.39 is 5.54 Å². The number of nitrogens with two attached hydrogens (primary N) is 1. The molecule has 0 atom stereocenters. The monoisotopic (exact) mass is 431 g/mol. The maximum atomic E-state index is 12.5. The van der Waals surface area contributed by atoms with Crippen molar-refractivity contribution in [2.75, 3.05) is 37.7 Å². The Kier molecular flexibility index (Phi) is 5.92. The Balaban J connectivity index is 1.61. The lowest BCUT2D eigenvalue weighted by molar-refractivity contribution is -0.132. The quantitative estimate of drug-likeness (QED) is 0.726. The van der Waals surface area contributed by atoms with E-state index in [0.29, 0.717) is 37.4 Å². The molecule has 4 heterocycles. The normalized spacial score (nSPS) is 19.7. The molecule has 2 N–H and O–H groups in total. The summed E-state index contributed by atoms with van der Waals surface area (Å²) in [5.41, 5.74) is 6.21. The number of carbonyl (C=O) groups is 2. The van der Waals surface area contributed by atoms with Crippen molar-refractivity contribution in [3.8, 4) is 0 Å². The number of esters is 1. The molecular formula is C21H29N5O3S. The number of ether oxygens (including phenoxy) is 1. The fraction of sp³-hybridized carbons (Fsp3) is 0.619. The minimum absolute atomic E-state index is 0.215. The van der Waals surface area contributed by atoms with Crippen LogP contribution in [0.1, 0.15) is 54.3 Å². The van der Waals surface area contributed by atoms with Gasteiger partial charge in [-0.05, 0) is 58.2 Å². The van der Waals surface area contributed by atoms with Crippen LogP contribution in [0.5, 0.6) is 0 Å². The molecule has 30 heavy (non-hydrogen) atoms. The largest absolute Gasteiger partial charge is 0.462 e. The van der Waals surface area contributed by atoms with Crippen LogP contribution in [0.15, 0.2) is 6.33 Å². The lowest BCUT2D eigenvalue weighted by atomic mass is 9.83. The minimum Gasteiger partial charge on any atom is -0.462 e. The first-order valence-corrected chi connectivity index (χ1v) is 11.5. The van der Waals surface area contributed by atoms with Gasteiger partial charge in [-0.1, -0.05) is 6.42 Å². The van der Waals surface area contributed by atoms with Gasteiger partial charge in [0.1, 0.15) is 27.4 Å². The van der Waals surface area contributed by atoms with Crippen LogP contribution in [0, 0.1) is 6.92 Å². The summed E-state index contributed by atoms with van der Waals surface area (Å²) in [6.45, 7) is 7.31. The van der Waals surface area contributed by atoms with Crippen LogP contribution in [-0.2, 0) is 9.53 Å². The first-order chi connectivity index (χ1) is 14.5. The van der Waals surface area contributed by atoms with Crippen molar-refractivity contribution in [3.05, 3.63) is 16.8 Å². The topological polar surface area (TPSA) is 102 Å². The van der Waals surface area contributed by atoms with Gasteiger partial charge in [0, 0.05) is 13.1 Å². The Labute approximate surface area is 180 Å². The standard InChI is InChI=1S/C21H29N5O3S/c1-3-29-19(27)16-14(2)15-17(23-13-24-18(15)30-16)25-11-7-21(8-12-25,20(22)28)26-9-5-4-6-10-26/h13H,3-12H2,1-2H3,(H2,22,28). The lowest BCUT2D eigenvalue weighted by Crippen LogP contribution is -2.63. The van der Waals surface area contributed by atoms with Gasteiger partial charge in [0.2, 0.25) is 5.91 Å². The van der Waals surface area contributed by atoms with E-state index in [4.69, 9.17) is 10.5 Å². The van der Waals surface area contributed by atoms with Crippen LogP contribution in [-0.4, -0.2) is 65.1 Å². The number of nitrogens with zero attached hydrogens (tertiary/aromatic N) is 4. The van der Waals surface area contributed by atoms with Crippen molar-refractivity contribution < 1.29 is 14.3 Å². The highest BCUT2D eigenvalue weighted by Crippen LogP contribution is 2.38. The molecule has 1 amide bonds. The predicted molar refractivity (Wildman–Crippen MR) is 117 cm³/mol. The number of piperidine rings is 2. The summed E-state index contributed by atoms with van der Waals surface area (Å²) in [5.74, 6) is 0.287. The van der Waals surface area contributed by atoms with Crippen molar-refractivity contribution in [1.29, 1.82) is 0 Å². The van der Waals surface area contributed by atoms with E-state index in [1.807, 2.05) is 6.92 Å². The summed E-state index contributed by atoms with van der Waals surface area (Å²) in [6, 6.07) is 0. The Hall–Kier alpha value is -2.26. The number of fused-ring (bicyclic) bond motifs is 1. The number of primary amides is 1. The van der Waals surface area contributed by atoms with Crippen LogP contribution < -0.4 is 10.6 Å². The molecule has 2 aromatic rings. The van der Waals surface area contributed by atoms with E-state index in [2.05, 4.69) is 19.8 Å². The van der Waals surface area contributed by atoms with Crippen molar-refractivity contribution in [3.63, 3.8) is 0 Å². The third-order valence-corrected chi connectivity index (χ3v) is 7.66. The number of carbonyl (C=O) groups excluding carboxylic acids is 2. The number of likely N-dealkylation sites (tertiary alicyclic amines) is 1. The second-order valence-corrected chi connectivity index (χ2v) is 9.08. The molecule has 0 bridgehead atoms. The van der Waals surface area contributed by atoms with E-state index in [1.54, 1.807) is 13.3 Å². The molecule has 0 saturated carbocycles. The zero-order valence-electron chi connectivity index (χ0n) is 17.6. The van der Waals surface area contributed by atoms with Crippen LogP contribution >= 0.6 is 11.3 Å². The van der Waals surface area contributed by atoms with Gasteiger partial charge in [-0.25, -0.2) is 14.8 Å². The zero-order valence-corrected chi connectivity index (χ0v) is 18.5. The number of amides is 1. The number of anilines is 1. The Morgan fingerprint density at radius 3 is 2.50 bits per heavy atom. The SMILES string of the molecule is CCOC(=O)c1sc2ncnc(N3CCC(C(N)=O)(N4CCCCC4)CC3)c2c1C. The van der Waals surface area contributed by atoms with Gasteiger partial charge in [-0.3, -0.25) is 9.69 Å². The van der Waals surface area contributed by atoms with Gasteiger partial charge in [0.05, 0.1) is 12.0 Å². The summed E-state index contributed by atoms with van der Waals surface area (Å²) < 4.78 is 5.20. The Bertz CT molecular complexity index is 946. The van der Waals surface area contributed by atoms with Crippen molar-refractivity contribution in [2.24, 2.45) is 5.73 Å². The van der Waals surface area contributed by atoms with Gasteiger partial charge >= 0.3 is 5.97 Å². The zero-order chi connectivity index (χ0) is 21.3. The number of aromatic nitrogens is 2. The van der Waals surface area contributed by atoms with Gasteiger partial charge in [-0.15, -0.1) is 11.3 Å². The molecule has 0 aliphatic carbocycles. The second kappa shape index (κ2) is 8.47. The number of aryl methyl sites for hydroxylation is 1. The lowest BCUT2D eigenvalue weighted by Gasteiger charge is -2.48. The molecule has 162 valence electrons. The molecule has 8 nitrogen and oxygen atoms in total. The molecular weight excluding hydrogens is 402 g/mol. The fourth-order valence-corrected chi connectivity index (χ4v) is 5.85. The molecule has 2 aliphatic rings. The van der Waals surface area contributed by atoms with Crippen molar-refractivity contribution >= 4 is 39.2 Å². The highest BCUT2D eigenvalue weighted by atomic mass is 32.1. The van der Waals surface area contributed by atoms with Crippen LogP contribution in [0.4, 0.5) is 5.82 Å². The number of thiophene rings is 1. The van der Waals surface area contributed by atoms with Crippen molar-refractivity contribution in [2.45, 2.75) is 51.5 Å². The second-order valence-electron chi connectivity index (χ2n) is 8.08. The molecule has 0 radical (unpaired) electrons. The van der Waals surface area contributed by atoms with E-state index in [9.17, 15) is 9.59 Å². The van der Waals surface area contributed by atoms with Crippen LogP contribution in [0.2, 0.25) is 0 Å². The Morgan fingerprint density at radius 2 is 1.87 bits per heavy atom. The van der Waals surface area contributed by atoms with Gasteiger partial charge in [0.25, 0.3) is 0 Å². The molecule has 2 fully saturated rings. The molecule has 0 unspecified atom stereocenters. The minimum atomic E-state index is -0.567. The highest BCUT2D eigenvalue weighted by Gasteiger charge is 2.45. The van der Waals surface area contributed by atoms with E-state index in [1.165, 1.54) is 17.8 Å². The fourth-order valence-electron chi connectivity index (χ4n) is 4.81. The first-order valence-electron chi connectivity index (χ1n) is 10.7. The van der Waals surface area contributed by atoms with E-state index in [0.717, 1.165) is 47.5 Å². The highest BCUT2D eigenvalue weighted by molar-refractivity contribution is 7.20. The molecule has 2 aliphatic heterocycles. The third-order valence-electron chi connectivity index (χ3n) is 6.48. The average Bonchev–Trinajstić information content (AvgIpc) is 3.11. The third kappa shape index (κ3) is 3.54. The van der Waals surface area contributed by atoms with Gasteiger partial charge in [0.15, 0.2) is 0 Å². The molecule has 0 aromatic carbocycles. The molecule has 9 heteroatoms. The van der Waals surface area contributed by atoms with E-state index in [-0.39, 0.29) is 11.9 Å². The maximum absolute atomic E-state index is 12.5. The smallest absolute Gasteiger partial charge is 0.348 e. The molecule has 4 rings (SSSR count). The molecule has 2 saturated heterocycles. The first kappa shape index (κ1) is 21.0. The number of hydrogen-bond acceptors (Lipinski definition) is 8.